The van der Waals surface area contributed by atoms with Crippen LogP contribution >= 0.6 is 0 Å². The molecule has 4 aromatic carbocycles. The van der Waals surface area contributed by atoms with E-state index in [1.165, 1.54) is 0 Å². The lowest BCUT2D eigenvalue weighted by Gasteiger charge is -2.25. The van der Waals surface area contributed by atoms with E-state index in [2.05, 4.69) is 13.8 Å². The summed E-state index contributed by atoms with van der Waals surface area (Å²) in [6.45, 7) is 5.32. The lowest BCUT2D eigenvalue weighted by Crippen LogP contribution is -2.28. The van der Waals surface area contributed by atoms with E-state index in [-0.39, 0.29) is 5.41 Å². The van der Waals surface area contributed by atoms with Crippen LogP contribution in [0.2, 0.25) is 0 Å². The minimum atomic E-state index is -0.108. The first-order valence-electron chi connectivity index (χ1n) is 11.6. The Balaban J connectivity index is 0.000000212. The molecule has 188 valence electrons. The van der Waals surface area contributed by atoms with Crippen molar-refractivity contribution >= 4 is 22.7 Å². The molecule has 0 fully saturated rings. The number of ether oxygens (including phenoxy) is 3. The Hall–Kier alpha value is -4.52. The first-order valence-corrected chi connectivity index (χ1v) is 11.6. The van der Waals surface area contributed by atoms with Gasteiger partial charge in [-0.3, -0.25) is 0 Å². The molecule has 7 heteroatoms. The molecular weight excluding hydrogens is 452 g/mol. The molecule has 4 aromatic rings. The van der Waals surface area contributed by atoms with E-state index < -0.39 is 0 Å². The average Bonchev–Trinajstić information content (AvgIpc) is 2.87. The maximum Gasteiger partial charge on any atom is 0.150 e. The zero-order valence-electron chi connectivity index (χ0n) is 20.7. The molecule has 0 atom stereocenters. The molecule has 0 aliphatic heterocycles. The molecule has 0 amide bonds. The number of nitrogen functional groups attached to an aromatic ring is 4. The quantitative estimate of drug-likeness (QED) is 0.225. The van der Waals surface area contributed by atoms with Gasteiger partial charge in [-0.25, -0.2) is 0 Å². The fourth-order valence-corrected chi connectivity index (χ4v) is 2.99. The second kappa shape index (κ2) is 12.3. The summed E-state index contributed by atoms with van der Waals surface area (Å²) in [7, 11) is 0. The molecule has 0 bridgehead atoms. The fraction of sp³-hybridized carbons (Fsp3) is 0.172. The van der Waals surface area contributed by atoms with Crippen LogP contribution in [0.5, 0.6) is 23.0 Å². The number of benzene rings is 4. The largest absolute Gasteiger partial charge is 0.493 e. The van der Waals surface area contributed by atoms with Gasteiger partial charge in [-0.05, 0) is 72.8 Å². The van der Waals surface area contributed by atoms with Crippen molar-refractivity contribution in [1.82, 2.24) is 0 Å². The third-order valence-corrected chi connectivity index (χ3v) is 5.08. The number of rotatable bonds is 8. The number of nitrogens with two attached hydrogens (primary N) is 4. The lowest BCUT2D eigenvalue weighted by atomic mass is 9.96. The summed E-state index contributed by atoms with van der Waals surface area (Å²) in [4.78, 5) is 0. The summed E-state index contributed by atoms with van der Waals surface area (Å²) >= 11 is 0. The van der Waals surface area contributed by atoms with Crippen LogP contribution in [0.1, 0.15) is 13.8 Å². The number of hydrogen-bond donors (Lipinski definition) is 4. The van der Waals surface area contributed by atoms with Gasteiger partial charge in [-0.15, -0.1) is 0 Å². The minimum Gasteiger partial charge on any atom is -0.493 e. The van der Waals surface area contributed by atoms with Crippen LogP contribution in [-0.2, 0) is 0 Å². The Morgan fingerprint density at radius 1 is 0.528 bits per heavy atom. The topological polar surface area (TPSA) is 132 Å². The van der Waals surface area contributed by atoms with Crippen molar-refractivity contribution in [2.45, 2.75) is 13.8 Å². The molecule has 0 spiro atoms. The molecule has 0 radical (unpaired) electrons. The van der Waals surface area contributed by atoms with E-state index in [0.717, 1.165) is 22.9 Å². The van der Waals surface area contributed by atoms with Gasteiger partial charge < -0.3 is 37.1 Å². The summed E-state index contributed by atoms with van der Waals surface area (Å²) in [6.07, 6.45) is 0. The van der Waals surface area contributed by atoms with E-state index in [4.69, 9.17) is 37.1 Å². The van der Waals surface area contributed by atoms with Gasteiger partial charge in [0.25, 0.3) is 0 Å². The maximum atomic E-state index is 5.78. The third-order valence-electron chi connectivity index (χ3n) is 5.08. The first-order chi connectivity index (χ1) is 17.2. The van der Waals surface area contributed by atoms with Gasteiger partial charge in [-0.1, -0.05) is 38.1 Å². The van der Waals surface area contributed by atoms with Crippen LogP contribution < -0.4 is 37.1 Å². The standard InChI is InChI=1S/C17H22N2O2.C12H12N2O/c1-17(2,11-20-15-7-3-13(18)4-8-15)12-21-16-9-5-14(19)6-10-16;13-9-5-1-3-7-11(9)15-12-8-4-2-6-10(12)14/h3-10H,11-12,18-19H2,1-2H3;1-8H,13-14H2. The molecular formula is C29H34N4O3. The fourth-order valence-electron chi connectivity index (χ4n) is 2.99. The van der Waals surface area contributed by atoms with E-state index in [1.54, 1.807) is 12.1 Å². The Kier molecular flexibility index (Phi) is 8.89. The van der Waals surface area contributed by atoms with Crippen molar-refractivity contribution in [2.24, 2.45) is 5.41 Å². The van der Waals surface area contributed by atoms with Crippen molar-refractivity contribution in [1.29, 1.82) is 0 Å². The zero-order chi connectivity index (χ0) is 26.0. The Labute approximate surface area is 212 Å². The smallest absolute Gasteiger partial charge is 0.150 e. The van der Waals surface area contributed by atoms with Crippen molar-refractivity contribution in [3.8, 4) is 23.0 Å². The van der Waals surface area contributed by atoms with E-state index in [0.29, 0.717) is 36.1 Å². The Morgan fingerprint density at radius 3 is 1.25 bits per heavy atom. The van der Waals surface area contributed by atoms with Gasteiger partial charge in [0.15, 0.2) is 0 Å². The van der Waals surface area contributed by atoms with E-state index in [9.17, 15) is 0 Å². The summed E-state index contributed by atoms with van der Waals surface area (Å²) in [5, 5.41) is 0. The van der Waals surface area contributed by atoms with Gasteiger partial charge in [-0.2, -0.15) is 0 Å². The van der Waals surface area contributed by atoms with E-state index in [1.807, 2.05) is 84.9 Å². The molecule has 0 heterocycles. The molecule has 0 unspecified atom stereocenters. The maximum absolute atomic E-state index is 5.78. The van der Waals surface area contributed by atoms with Crippen molar-refractivity contribution in [3.63, 3.8) is 0 Å². The predicted octanol–water partition coefficient (Wildman–Crippen LogP) is 5.98. The monoisotopic (exact) mass is 486 g/mol. The highest BCUT2D eigenvalue weighted by molar-refractivity contribution is 5.58. The average molecular weight is 487 g/mol. The van der Waals surface area contributed by atoms with Crippen LogP contribution in [0.15, 0.2) is 97.1 Å². The minimum absolute atomic E-state index is 0.108. The second-order valence-electron chi connectivity index (χ2n) is 9.06. The zero-order valence-corrected chi connectivity index (χ0v) is 20.7. The van der Waals surface area contributed by atoms with E-state index >= 15 is 0 Å². The molecule has 36 heavy (non-hydrogen) atoms. The molecule has 0 saturated heterocycles. The summed E-state index contributed by atoms with van der Waals surface area (Å²) < 4.78 is 17.1. The van der Waals surface area contributed by atoms with Crippen LogP contribution in [-0.4, -0.2) is 13.2 Å². The van der Waals surface area contributed by atoms with Gasteiger partial charge in [0, 0.05) is 16.8 Å². The van der Waals surface area contributed by atoms with Crippen molar-refractivity contribution in [2.75, 3.05) is 36.1 Å². The van der Waals surface area contributed by atoms with Gasteiger partial charge in [0.1, 0.15) is 23.0 Å². The van der Waals surface area contributed by atoms with Crippen LogP contribution in [0.3, 0.4) is 0 Å². The molecule has 0 aliphatic carbocycles. The predicted molar refractivity (Wildman–Crippen MR) is 148 cm³/mol. The highest BCUT2D eigenvalue weighted by Crippen LogP contribution is 2.30. The van der Waals surface area contributed by atoms with Gasteiger partial charge >= 0.3 is 0 Å². The van der Waals surface area contributed by atoms with Crippen LogP contribution in [0.4, 0.5) is 22.7 Å². The number of anilines is 4. The highest BCUT2D eigenvalue weighted by atomic mass is 16.5. The van der Waals surface area contributed by atoms with Crippen LogP contribution in [0.25, 0.3) is 0 Å². The summed E-state index contributed by atoms with van der Waals surface area (Å²) in [6, 6.07) is 29.4. The summed E-state index contributed by atoms with van der Waals surface area (Å²) in [5.74, 6) is 2.86. The molecule has 0 aromatic heterocycles. The van der Waals surface area contributed by atoms with Gasteiger partial charge in [0.2, 0.25) is 0 Å². The third kappa shape index (κ3) is 8.36. The first kappa shape index (κ1) is 26.1. The Bertz CT molecular complexity index is 1130. The Morgan fingerprint density at radius 2 is 0.889 bits per heavy atom. The normalized spacial score (nSPS) is 10.6. The molecule has 4 rings (SSSR count). The number of hydrogen-bond acceptors (Lipinski definition) is 7. The van der Waals surface area contributed by atoms with Crippen molar-refractivity contribution < 1.29 is 14.2 Å². The lowest BCUT2D eigenvalue weighted by molar-refractivity contribution is 0.110. The molecule has 0 saturated carbocycles. The van der Waals surface area contributed by atoms with Crippen molar-refractivity contribution in [3.05, 3.63) is 97.1 Å². The van der Waals surface area contributed by atoms with Crippen LogP contribution in [0, 0.1) is 5.41 Å². The molecule has 8 N–H and O–H groups in total. The highest BCUT2D eigenvalue weighted by Gasteiger charge is 2.20. The molecule has 0 aliphatic rings. The summed E-state index contributed by atoms with van der Waals surface area (Å²) in [5.41, 5.74) is 25.3. The second-order valence-corrected chi connectivity index (χ2v) is 9.06. The van der Waals surface area contributed by atoms with Gasteiger partial charge in [0.05, 0.1) is 24.6 Å². The number of para-hydroxylation sites is 4. The SMILES string of the molecule is CC(C)(COc1ccc(N)cc1)COc1ccc(N)cc1.Nc1ccccc1Oc1ccccc1N. The molecule has 7 nitrogen and oxygen atoms in total.